The van der Waals surface area contributed by atoms with Crippen LogP contribution in [0.25, 0.3) is 0 Å². The van der Waals surface area contributed by atoms with Crippen LogP contribution in [0.1, 0.15) is 44.8 Å². The average Bonchev–Trinajstić information content (AvgIpc) is 2.84. The minimum Gasteiger partial charge on any atom is -0.472 e. The third-order valence-corrected chi connectivity index (χ3v) is 4.59. The van der Waals surface area contributed by atoms with Crippen LogP contribution in [0.4, 0.5) is 0 Å². The number of hydrogen-bond donors (Lipinski definition) is 1. The van der Waals surface area contributed by atoms with E-state index in [0.717, 1.165) is 18.4 Å². The average molecular weight is 250 g/mol. The SMILES string of the molecule is C[C@@]12CCC[C@](C)(O)[C@@H]1C(=O)O[C@H]2c1ccoc1. The topological polar surface area (TPSA) is 59.7 Å². The summed E-state index contributed by atoms with van der Waals surface area (Å²) >= 11 is 0. The van der Waals surface area contributed by atoms with E-state index in [1.54, 1.807) is 19.5 Å². The lowest BCUT2D eigenvalue weighted by molar-refractivity contribution is -0.152. The molecule has 1 saturated heterocycles. The van der Waals surface area contributed by atoms with Crippen LogP contribution in [0, 0.1) is 11.3 Å². The van der Waals surface area contributed by atoms with Crippen molar-refractivity contribution in [2.75, 3.05) is 0 Å². The Labute approximate surface area is 106 Å². The number of aliphatic hydroxyl groups is 1. The van der Waals surface area contributed by atoms with Crippen LogP contribution in [0.3, 0.4) is 0 Å². The quantitative estimate of drug-likeness (QED) is 0.778. The van der Waals surface area contributed by atoms with E-state index in [4.69, 9.17) is 9.15 Å². The van der Waals surface area contributed by atoms with Crippen molar-refractivity contribution in [2.45, 2.75) is 44.8 Å². The van der Waals surface area contributed by atoms with Gasteiger partial charge in [0.1, 0.15) is 6.10 Å². The standard InChI is InChI=1S/C14H18O4/c1-13-5-3-6-14(2,16)10(13)12(15)18-11(13)9-4-7-17-8-9/h4,7-8,10-11,16H,3,5-6H2,1-2H3/t10-,11+,13-,14+/m1/s1. The van der Waals surface area contributed by atoms with Gasteiger partial charge in [-0.25, -0.2) is 0 Å². The molecule has 98 valence electrons. The summed E-state index contributed by atoms with van der Waals surface area (Å²) in [5, 5.41) is 10.5. The molecule has 1 N–H and O–H groups in total. The van der Waals surface area contributed by atoms with Gasteiger partial charge in [-0.15, -0.1) is 0 Å². The fourth-order valence-corrected chi connectivity index (χ4v) is 3.82. The molecule has 3 rings (SSSR count). The Morgan fingerprint density at radius 1 is 1.39 bits per heavy atom. The number of ether oxygens (including phenoxy) is 1. The molecule has 2 aliphatic rings. The zero-order chi connectivity index (χ0) is 13.0. The first-order chi connectivity index (χ1) is 8.45. The summed E-state index contributed by atoms with van der Waals surface area (Å²) in [6.07, 6.45) is 5.34. The van der Waals surface area contributed by atoms with Crippen LogP contribution in [-0.4, -0.2) is 16.7 Å². The monoisotopic (exact) mass is 250 g/mol. The fraction of sp³-hybridized carbons (Fsp3) is 0.643. The van der Waals surface area contributed by atoms with Gasteiger partial charge in [0.2, 0.25) is 0 Å². The van der Waals surface area contributed by atoms with Gasteiger partial charge >= 0.3 is 5.97 Å². The molecule has 0 unspecified atom stereocenters. The summed E-state index contributed by atoms with van der Waals surface area (Å²) in [5.41, 5.74) is -0.434. The number of fused-ring (bicyclic) bond motifs is 1. The molecule has 2 heterocycles. The Bertz CT molecular complexity index is 462. The second-order valence-corrected chi connectivity index (χ2v) is 6.02. The van der Waals surface area contributed by atoms with Gasteiger partial charge in [0.25, 0.3) is 0 Å². The summed E-state index contributed by atoms with van der Waals surface area (Å²) in [4.78, 5) is 12.1. The van der Waals surface area contributed by atoms with Crippen LogP contribution in [0.5, 0.6) is 0 Å². The first-order valence-corrected chi connectivity index (χ1v) is 6.40. The zero-order valence-corrected chi connectivity index (χ0v) is 10.7. The molecular weight excluding hydrogens is 232 g/mol. The lowest BCUT2D eigenvalue weighted by Gasteiger charge is -2.44. The van der Waals surface area contributed by atoms with Gasteiger partial charge in [0.05, 0.1) is 24.0 Å². The van der Waals surface area contributed by atoms with Crippen molar-refractivity contribution in [3.05, 3.63) is 24.2 Å². The molecule has 2 fully saturated rings. The molecule has 1 saturated carbocycles. The number of carbonyl (C=O) groups is 1. The summed E-state index contributed by atoms with van der Waals surface area (Å²) in [6, 6.07) is 1.83. The van der Waals surface area contributed by atoms with Gasteiger partial charge in [-0.2, -0.15) is 0 Å². The molecule has 1 aromatic rings. The lowest BCUT2D eigenvalue weighted by atomic mass is 9.59. The molecule has 0 amide bonds. The lowest BCUT2D eigenvalue weighted by Crippen LogP contribution is -2.49. The molecule has 0 aromatic carbocycles. The van der Waals surface area contributed by atoms with Crippen LogP contribution in [0.2, 0.25) is 0 Å². The first kappa shape index (κ1) is 11.8. The van der Waals surface area contributed by atoms with Gasteiger partial charge in [0.15, 0.2) is 0 Å². The predicted octanol–water partition coefficient (Wildman–Crippen LogP) is 2.43. The number of esters is 1. The van der Waals surface area contributed by atoms with Crippen molar-refractivity contribution >= 4 is 5.97 Å². The molecule has 0 radical (unpaired) electrons. The Kier molecular flexibility index (Phi) is 2.36. The van der Waals surface area contributed by atoms with Crippen molar-refractivity contribution in [3.63, 3.8) is 0 Å². The minimum atomic E-state index is -0.970. The van der Waals surface area contributed by atoms with E-state index < -0.39 is 11.5 Å². The highest BCUT2D eigenvalue weighted by atomic mass is 16.6. The second kappa shape index (κ2) is 3.60. The number of rotatable bonds is 1. The van der Waals surface area contributed by atoms with E-state index in [-0.39, 0.29) is 17.5 Å². The van der Waals surface area contributed by atoms with Crippen molar-refractivity contribution in [2.24, 2.45) is 11.3 Å². The van der Waals surface area contributed by atoms with E-state index in [1.165, 1.54) is 0 Å². The van der Waals surface area contributed by atoms with Crippen molar-refractivity contribution < 1.29 is 19.1 Å². The van der Waals surface area contributed by atoms with Crippen LogP contribution in [-0.2, 0) is 9.53 Å². The maximum atomic E-state index is 12.1. The molecule has 4 atom stereocenters. The van der Waals surface area contributed by atoms with Crippen molar-refractivity contribution in [3.8, 4) is 0 Å². The van der Waals surface area contributed by atoms with Gasteiger partial charge in [-0.3, -0.25) is 4.79 Å². The summed E-state index contributed by atoms with van der Waals surface area (Å²) in [5.74, 6) is -0.730. The van der Waals surface area contributed by atoms with Gasteiger partial charge < -0.3 is 14.3 Å². The maximum absolute atomic E-state index is 12.1. The minimum absolute atomic E-state index is 0.284. The van der Waals surface area contributed by atoms with Crippen molar-refractivity contribution in [1.82, 2.24) is 0 Å². The molecule has 18 heavy (non-hydrogen) atoms. The third-order valence-electron chi connectivity index (χ3n) is 4.59. The predicted molar refractivity (Wildman–Crippen MR) is 63.6 cm³/mol. The van der Waals surface area contributed by atoms with Crippen LogP contribution in [0.15, 0.2) is 23.0 Å². The molecular formula is C14H18O4. The molecule has 1 aliphatic heterocycles. The largest absolute Gasteiger partial charge is 0.472 e. The van der Waals surface area contributed by atoms with E-state index >= 15 is 0 Å². The van der Waals surface area contributed by atoms with E-state index in [0.29, 0.717) is 6.42 Å². The Morgan fingerprint density at radius 3 is 2.83 bits per heavy atom. The smallest absolute Gasteiger partial charge is 0.313 e. The van der Waals surface area contributed by atoms with Crippen LogP contribution >= 0.6 is 0 Å². The summed E-state index contributed by atoms with van der Waals surface area (Å²) in [6.45, 7) is 3.78. The highest BCUT2D eigenvalue weighted by Crippen LogP contribution is 2.59. The molecule has 1 aliphatic carbocycles. The molecule has 0 spiro atoms. The maximum Gasteiger partial charge on any atom is 0.313 e. The van der Waals surface area contributed by atoms with Gasteiger partial charge in [-0.05, 0) is 32.3 Å². The van der Waals surface area contributed by atoms with Crippen LogP contribution < -0.4 is 0 Å². The highest BCUT2D eigenvalue weighted by Gasteiger charge is 2.62. The summed E-state index contributed by atoms with van der Waals surface area (Å²) < 4.78 is 10.6. The van der Waals surface area contributed by atoms with Crippen molar-refractivity contribution in [1.29, 1.82) is 0 Å². The van der Waals surface area contributed by atoms with E-state index in [2.05, 4.69) is 0 Å². The normalized spacial score (nSPS) is 43.6. The Balaban J connectivity index is 2.04. The Hall–Kier alpha value is -1.29. The zero-order valence-electron chi connectivity index (χ0n) is 10.7. The molecule has 4 nitrogen and oxygen atoms in total. The molecule has 1 aromatic heterocycles. The molecule has 0 bridgehead atoms. The van der Waals surface area contributed by atoms with E-state index in [1.807, 2.05) is 13.0 Å². The highest BCUT2D eigenvalue weighted by molar-refractivity contribution is 5.78. The third kappa shape index (κ3) is 1.45. The fourth-order valence-electron chi connectivity index (χ4n) is 3.82. The Morgan fingerprint density at radius 2 is 2.17 bits per heavy atom. The van der Waals surface area contributed by atoms with Gasteiger partial charge in [-0.1, -0.05) is 6.92 Å². The first-order valence-electron chi connectivity index (χ1n) is 6.40. The number of hydrogen-bond acceptors (Lipinski definition) is 4. The summed E-state index contributed by atoms with van der Waals surface area (Å²) in [7, 11) is 0. The number of carbonyl (C=O) groups excluding carboxylic acids is 1. The molecule has 4 heteroatoms. The number of furan rings is 1. The second-order valence-electron chi connectivity index (χ2n) is 6.02. The van der Waals surface area contributed by atoms with Gasteiger partial charge in [0, 0.05) is 11.0 Å². The van der Waals surface area contributed by atoms with E-state index in [9.17, 15) is 9.90 Å². The number of cyclic esters (lactones) is 1.